The lowest BCUT2D eigenvalue weighted by atomic mass is 10.0. The summed E-state index contributed by atoms with van der Waals surface area (Å²) in [4.78, 5) is 4.42. The highest BCUT2D eigenvalue weighted by Crippen LogP contribution is 2.41. The van der Waals surface area contributed by atoms with Gasteiger partial charge in [0.2, 0.25) is 0 Å². The molecule has 1 aliphatic carbocycles. The molecule has 1 aromatic rings. The molecule has 3 nitrogen and oxygen atoms in total. The van der Waals surface area contributed by atoms with Gasteiger partial charge in [0.15, 0.2) is 0 Å². The number of aliphatic hydroxyl groups is 1. The Hall–Kier alpha value is -0.930. The maximum atomic E-state index is 10.2. The van der Waals surface area contributed by atoms with Gasteiger partial charge in [0.1, 0.15) is 0 Å². The van der Waals surface area contributed by atoms with Gasteiger partial charge in [0.25, 0.3) is 0 Å². The van der Waals surface area contributed by atoms with Crippen molar-refractivity contribution >= 4 is 0 Å². The Balaban J connectivity index is 2.05. The standard InChI is InChI=1S/C14H22N2O/c1-14(2,3)16-9-12(17)11-5-4-8-15-13(11)10-6-7-10/h4-5,8,10,12,16-17H,6-7,9H2,1-3H3/t12-/m0/s1. The van der Waals surface area contributed by atoms with Crippen molar-refractivity contribution in [2.24, 2.45) is 0 Å². The summed E-state index contributed by atoms with van der Waals surface area (Å²) < 4.78 is 0. The molecule has 2 rings (SSSR count). The number of rotatable bonds is 4. The minimum absolute atomic E-state index is 0.0307. The molecule has 0 aromatic carbocycles. The van der Waals surface area contributed by atoms with Gasteiger partial charge in [-0.15, -0.1) is 0 Å². The van der Waals surface area contributed by atoms with Gasteiger partial charge in [-0.3, -0.25) is 4.98 Å². The van der Waals surface area contributed by atoms with Crippen LogP contribution >= 0.6 is 0 Å². The number of pyridine rings is 1. The Morgan fingerprint density at radius 3 is 2.76 bits per heavy atom. The first-order chi connectivity index (χ1) is 7.97. The predicted molar refractivity (Wildman–Crippen MR) is 68.9 cm³/mol. The third kappa shape index (κ3) is 3.51. The molecule has 1 fully saturated rings. The molecular weight excluding hydrogens is 212 g/mol. The van der Waals surface area contributed by atoms with Crippen molar-refractivity contribution in [3.05, 3.63) is 29.6 Å². The summed E-state index contributed by atoms with van der Waals surface area (Å²) in [6.45, 7) is 6.88. The van der Waals surface area contributed by atoms with Gasteiger partial charge < -0.3 is 10.4 Å². The van der Waals surface area contributed by atoms with E-state index in [9.17, 15) is 5.11 Å². The summed E-state index contributed by atoms with van der Waals surface area (Å²) in [5.41, 5.74) is 2.12. The normalized spacial score (nSPS) is 18.1. The van der Waals surface area contributed by atoms with E-state index in [1.165, 1.54) is 12.8 Å². The smallest absolute Gasteiger partial charge is 0.0932 e. The van der Waals surface area contributed by atoms with Crippen LogP contribution < -0.4 is 5.32 Å². The van der Waals surface area contributed by atoms with E-state index in [-0.39, 0.29) is 5.54 Å². The second-order valence-electron chi connectivity index (χ2n) is 5.90. The van der Waals surface area contributed by atoms with Gasteiger partial charge in [-0.2, -0.15) is 0 Å². The molecular formula is C14H22N2O. The molecule has 3 heteroatoms. The fourth-order valence-electron chi connectivity index (χ4n) is 1.92. The number of β-amino-alcohol motifs (C(OH)–C–C–N with tert-alkyl or cyclic N) is 1. The van der Waals surface area contributed by atoms with Crippen LogP contribution in [0.5, 0.6) is 0 Å². The van der Waals surface area contributed by atoms with Gasteiger partial charge in [-0.1, -0.05) is 6.07 Å². The lowest BCUT2D eigenvalue weighted by Gasteiger charge is -2.23. The zero-order valence-electron chi connectivity index (χ0n) is 10.9. The van der Waals surface area contributed by atoms with E-state index >= 15 is 0 Å². The first-order valence-electron chi connectivity index (χ1n) is 6.35. The molecule has 1 aromatic heterocycles. The van der Waals surface area contributed by atoms with E-state index in [0.29, 0.717) is 12.5 Å². The summed E-state index contributed by atoms with van der Waals surface area (Å²) in [5.74, 6) is 0.579. The van der Waals surface area contributed by atoms with Crippen molar-refractivity contribution in [3.63, 3.8) is 0 Å². The van der Waals surface area contributed by atoms with Crippen molar-refractivity contribution in [2.75, 3.05) is 6.54 Å². The first kappa shape index (κ1) is 12.5. The van der Waals surface area contributed by atoms with Crippen LogP contribution in [0.4, 0.5) is 0 Å². The second-order valence-corrected chi connectivity index (χ2v) is 5.90. The fourth-order valence-corrected chi connectivity index (χ4v) is 1.92. The van der Waals surface area contributed by atoms with Gasteiger partial charge in [-0.05, 0) is 39.7 Å². The molecule has 0 saturated heterocycles. The van der Waals surface area contributed by atoms with Crippen molar-refractivity contribution in [2.45, 2.75) is 51.2 Å². The lowest BCUT2D eigenvalue weighted by molar-refractivity contribution is 0.162. The van der Waals surface area contributed by atoms with Gasteiger partial charge in [0, 0.05) is 35.5 Å². The molecule has 17 heavy (non-hydrogen) atoms. The van der Waals surface area contributed by atoms with Gasteiger partial charge in [-0.25, -0.2) is 0 Å². The van der Waals surface area contributed by atoms with Gasteiger partial charge in [0.05, 0.1) is 6.10 Å². The quantitative estimate of drug-likeness (QED) is 0.840. The van der Waals surface area contributed by atoms with E-state index < -0.39 is 6.10 Å². The molecule has 0 spiro atoms. The van der Waals surface area contributed by atoms with E-state index in [1.54, 1.807) is 0 Å². The molecule has 0 radical (unpaired) electrons. The molecule has 0 aliphatic heterocycles. The van der Waals surface area contributed by atoms with Crippen molar-refractivity contribution in [1.82, 2.24) is 10.3 Å². The van der Waals surface area contributed by atoms with Crippen LogP contribution in [0.15, 0.2) is 18.3 Å². The summed E-state index contributed by atoms with van der Waals surface area (Å²) in [6.07, 6.45) is 3.78. The Labute approximate surface area is 103 Å². The number of nitrogens with one attached hydrogen (secondary N) is 1. The number of aliphatic hydroxyl groups excluding tert-OH is 1. The second kappa shape index (κ2) is 4.75. The summed E-state index contributed by atoms with van der Waals surface area (Å²) in [5, 5.41) is 13.6. The predicted octanol–water partition coefficient (Wildman–Crippen LogP) is 2.38. The number of hydrogen-bond donors (Lipinski definition) is 2. The van der Waals surface area contributed by atoms with Crippen LogP contribution in [0.3, 0.4) is 0 Å². The molecule has 94 valence electrons. The Morgan fingerprint density at radius 2 is 2.18 bits per heavy atom. The minimum atomic E-state index is -0.460. The highest BCUT2D eigenvalue weighted by atomic mass is 16.3. The third-order valence-electron chi connectivity index (χ3n) is 3.02. The van der Waals surface area contributed by atoms with Crippen LogP contribution in [-0.2, 0) is 0 Å². The fraction of sp³-hybridized carbons (Fsp3) is 0.643. The maximum Gasteiger partial charge on any atom is 0.0932 e. The number of aromatic nitrogens is 1. The van der Waals surface area contributed by atoms with E-state index in [0.717, 1.165) is 11.3 Å². The van der Waals surface area contributed by atoms with Gasteiger partial charge >= 0.3 is 0 Å². The number of nitrogens with zero attached hydrogens (tertiary/aromatic N) is 1. The Morgan fingerprint density at radius 1 is 1.47 bits per heavy atom. The number of hydrogen-bond acceptors (Lipinski definition) is 3. The molecule has 2 N–H and O–H groups in total. The van der Waals surface area contributed by atoms with Crippen LogP contribution in [0, 0.1) is 0 Å². The highest BCUT2D eigenvalue weighted by Gasteiger charge is 2.29. The molecule has 0 amide bonds. The molecule has 1 aliphatic rings. The summed E-state index contributed by atoms with van der Waals surface area (Å²) in [6, 6.07) is 3.90. The molecule has 1 atom stereocenters. The molecule has 0 unspecified atom stereocenters. The van der Waals surface area contributed by atoms with Crippen molar-refractivity contribution < 1.29 is 5.11 Å². The largest absolute Gasteiger partial charge is 0.387 e. The Kier molecular flexibility index (Phi) is 3.50. The van der Waals surface area contributed by atoms with Crippen LogP contribution in [0.25, 0.3) is 0 Å². The third-order valence-corrected chi connectivity index (χ3v) is 3.02. The minimum Gasteiger partial charge on any atom is -0.387 e. The molecule has 1 heterocycles. The average molecular weight is 234 g/mol. The zero-order chi connectivity index (χ0) is 12.5. The van der Waals surface area contributed by atoms with E-state index in [1.807, 2.05) is 18.3 Å². The maximum absolute atomic E-state index is 10.2. The topological polar surface area (TPSA) is 45.1 Å². The zero-order valence-corrected chi connectivity index (χ0v) is 10.9. The Bertz CT molecular complexity index is 380. The molecule has 0 bridgehead atoms. The lowest BCUT2D eigenvalue weighted by Crippen LogP contribution is -2.38. The monoisotopic (exact) mass is 234 g/mol. The van der Waals surface area contributed by atoms with E-state index in [2.05, 4.69) is 31.1 Å². The SMILES string of the molecule is CC(C)(C)NC[C@H](O)c1cccnc1C1CC1. The molecule has 1 saturated carbocycles. The summed E-state index contributed by atoms with van der Waals surface area (Å²) >= 11 is 0. The van der Waals surface area contributed by atoms with Crippen LogP contribution in [0.2, 0.25) is 0 Å². The van der Waals surface area contributed by atoms with Crippen molar-refractivity contribution in [3.8, 4) is 0 Å². The first-order valence-corrected chi connectivity index (χ1v) is 6.35. The van der Waals surface area contributed by atoms with Crippen LogP contribution in [-0.4, -0.2) is 22.2 Å². The van der Waals surface area contributed by atoms with E-state index in [4.69, 9.17) is 0 Å². The average Bonchev–Trinajstić information content (AvgIpc) is 3.09. The highest BCUT2D eigenvalue weighted by molar-refractivity contribution is 5.28. The summed E-state index contributed by atoms with van der Waals surface area (Å²) in [7, 11) is 0. The van der Waals surface area contributed by atoms with Crippen molar-refractivity contribution in [1.29, 1.82) is 0 Å². The van der Waals surface area contributed by atoms with Crippen LogP contribution in [0.1, 0.15) is 56.9 Å².